The van der Waals surface area contributed by atoms with Crippen LogP contribution < -0.4 is 5.73 Å². The second-order valence-corrected chi connectivity index (χ2v) is 6.25. The molecule has 0 aromatic rings. The molecule has 0 heterocycles. The summed E-state index contributed by atoms with van der Waals surface area (Å²) in [6, 6.07) is 0. The predicted octanol–water partition coefficient (Wildman–Crippen LogP) is 2.76. The molecule has 0 aliphatic heterocycles. The Labute approximate surface area is 93.6 Å². The Hall–Kier alpha value is -0.370. The highest BCUT2D eigenvalue weighted by Crippen LogP contribution is 2.51. The Morgan fingerprint density at radius 3 is 2.27 bits per heavy atom. The van der Waals surface area contributed by atoms with Crippen LogP contribution >= 0.6 is 0 Å². The number of nitrogens with two attached hydrogens (primary N) is 1. The Morgan fingerprint density at radius 2 is 1.87 bits per heavy atom. The number of carbonyl (C=O) groups excluding carboxylic acids is 1. The van der Waals surface area contributed by atoms with Gasteiger partial charge in [-0.3, -0.25) is 4.79 Å². The molecule has 0 amide bonds. The zero-order valence-electron chi connectivity index (χ0n) is 10.6. The van der Waals surface area contributed by atoms with E-state index in [0.29, 0.717) is 5.78 Å². The summed E-state index contributed by atoms with van der Waals surface area (Å²) < 4.78 is 0. The maximum atomic E-state index is 12.2. The lowest BCUT2D eigenvalue weighted by atomic mass is 9.78. The molecular formula is C13H25NO. The first-order chi connectivity index (χ1) is 6.81. The fourth-order valence-electron chi connectivity index (χ4n) is 3.19. The molecule has 1 saturated carbocycles. The molecule has 1 aliphatic rings. The molecule has 2 nitrogen and oxygen atoms in total. The van der Waals surface area contributed by atoms with Gasteiger partial charge in [0.25, 0.3) is 0 Å². The fraction of sp³-hybridized carbons (Fsp3) is 0.923. The van der Waals surface area contributed by atoms with Crippen molar-refractivity contribution in [2.45, 2.75) is 53.4 Å². The Kier molecular flexibility index (Phi) is 3.59. The number of hydrogen-bond donors (Lipinski definition) is 1. The molecule has 88 valence electrons. The van der Waals surface area contributed by atoms with Crippen molar-refractivity contribution in [1.29, 1.82) is 0 Å². The van der Waals surface area contributed by atoms with Crippen molar-refractivity contribution < 1.29 is 4.79 Å². The van der Waals surface area contributed by atoms with E-state index in [9.17, 15) is 4.79 Å². The summed E-state index contributed by atoms with van der Waals surface area (Å²) in [5.74, 6) is 0.712. The minimum Gasteiger partial charge on any atom is -0.330 e. The van der Waals surface area contributed by atoms with Gasteiger partial charge in [0, 0.05) is 11.3 Å². The van der Waals surface area contributed by atoms with Gasteiger partial charge in [0.15, 0.2) is 0 Å². The van der Waals surface area contributed by atoms with Crippen LogP contribution in [0, 0.1) is 16.7 Å². The predicted molar refractivity (Wildman–Crippen MR) is 63.6 cm³/mol. The van der Waals surface area contributed by atoms with Gasteiger partial charge in [0.1, 0.15) is 5.78 Å². The summed E-state index contributed by atoms with van der Waals surface area (Å²) in [5, 5.41) is 0. The van der Waals surface area contributed by atoms with Crippen LogP contribution in [0.1, 0.15) is 53.4 Å². The van der Waals surface area contributed by atoms with E-state index in [-0.39, 0.29) is 16.7 Å². The smallest absolute Gasteiger partial charge is 0.142 e. The van der Waals surface area contributed by atoms with Crippen molar-refractivity contribution in [1.82, 2.24) is 0 Å². The SMILES string of the molecule is CC1(C)CC(C)(C)C(CCCCN)C1=O. The Morgan fingerprint density at radius 1 is 1.27 bits per heavy atom. The second-order valence-electron chi connectivity index (χ2n) is 6.25. The van der Waals surface area contributed by atoms with Crippen LogP contribution in [0.3, 0.4) is 0 Å². The highest BCUT2D eigenvalue weighted by molar-refractivity contribution is 5.89. The summed E-state index contributed by atoms with van der Waals surface area (Å²) in [6.07, 6.45) is 4.17. The molecule has 0 aromatic heterocycles. The van der Waals surface area contributed by atoms with Crippen LogP contribution in [0.4, 0.5) is 0 Å². The quantitative estimate of drug-likeness (QED) is 0.727. The number of ketones is 1. The fourth-order valence-corrected chi connectivity index (χ4v) is 3.19. The van der Waals surface area contributed by atoms with E-state index in [1.807, 2.05) is 0 Å². The minimum atomic E-state index is -0.114. The van der Waals surface area contributed by atoms with Gasteiger partial charge in [0.2, 0.25) is 0 Å². The van der Waals surface area contributed by atoms with E-state index in [1.165, 1.54) is 0 Å². The molecule has 2 N–H and O–H groups in total. The lowest BCUT2D eigenvalue weighted by molar-refractivity contribution is -0.128. The van der Waals surface area contributed by atoms with Crippen LogP contribution in [-0.4, -0.2) is 12.3 Å². The van der Waals surface area contributed by atoms with Gasteiger partial charge in [-0.05, 0) is 31.2 Å². The van der Waals surface area contributed by atoms with Crippen molar-refractivity contribution in [3.05, 3.63) is 0 Å². The van der Waals surface area contributed by atoms with Crippen LogP contribution in [0.2, 0.25) is 0 Å². The molecule has 1 aliphatic carbocycles. The molecule has 15 heavy (non-hydrogen) atoms. The van der Waals surface area contributed by atoms with Gasteiger partial charge in [-0.2, -0.15) is 0 Å². The molecule has 1 atom stereocenters. The largest absolute Gasteiger partial charge is 0.330 e. The number of rotatable bonds is 4. The van der Waals surface area contributed by atoms with Crippen LogP contribution in [0.25, 0.3) is 0 Å². The van der Waals surface area contributed by atoms with Gasteiger partial charge in [-0.15, -0.1) is 0 Å². The van der Waals surface area contributed by atoms with Crippen molar-refractivity contribution in [3.8, 4) is 0 Å². The topological polar surface area (TPSA) is 43.1 Å². The average molecular weight is 211 g/mol. The van der Waals surface area contributed by atoms with E-state index in [4.69, 9.17) is 5.73 Å². The highest BCUT2D eigenvalue weighted by Gasteiger charge is 2.50. The molecule has 1 fully saturated rings. The number of Topliss-reactive ketones (excluding diaryl/α,β-unsaturated/α-hetero) is 1. The normalized spacial score (nSPS) is 28.3. The standard InChI is InChI=1S/C13H25NO/c1-12(2)9-13(3,4)11(15)10(12)7-5-6-8-14/h10H,5-9,14H2,1-4H3. The van der Waals surface area contributed by atoms with Crippen molar-refractivity contribution >= 4 is 5.78 Å². The summed E-state index contributed by atoms with van der Waals surface area (Å²) in [4.78, 5) is 12.2. The van der Waals surface area contributed by atoms with E-state index in [1.54, 1.807) is 0 Å². The monoisotopic (exact) mass is 211 g/mol. The van der Waals surface area contributed by atoms with Gasteiger partial charge in [-0.25, -0.2) is 0 Å². The maximum Gasteiger partial charge on any atom is 0.142 e. The zero-order chi connectivity index (χ0) is 11.7. The van der Waals surface area contributed by atoms with Crippen LogP contribution in [0.15, 0.2) is 0 Å². The van der Waals surface area contributed by atoms with Crippen molar-refractivity contribution in [2.75, 3.05) is 6.54 Å². The maximum absolute atomic E-state index is 12.2. The molecule has 1 rings (SSSR count). The minimum absolute atomic E-state index is 0.114. The molecule has 0 radical (unpaired) electrons. The van der Waals surface area contributed by atoms with E-state index >= 15 is 0 Å². The molecule has 0 bridgehead atoms. The Balaban J connectivity index is 2.66. The van der Waals surface area contributed by atoms with E-state index < -0.39 is 0 Å². The number of carbonyl (C=O) groups is 1. The van der Waals surface area contributed by atoms with Gasteiger partial charge < -0.3 is 5.73 Å². The molecule has 1 unspecified atom stereocenters. The second kappa shape index (κ2) is 4.25. The third kappa shape index (κ3) is 2.60. The van der Waals surface area contributed by atoms with Gasteiger partial charge in [0.05, 0.1) is 0 Å². The molecule has 2 heteroatoms. The Bertz CT molecular complexity index is 243. The van der Waals surface area contributed by atoms with E-state index in [2.05, 4.69) is 27.7 Å². The first-order valence-electron chi connectivity index (χ1n) is 6.06. The zero-order valence-corrected chi connectivity index (χ0v) is 10.6. The highest BCUT2D eigenvalue weighted by atomic mass is 16.1. The lowest BCUT2D eigenvalue weighted by Crippen LogP contribution is -2.24. The van der Waals surface area contributed by atoms with Crippen LogP contribution in [-0.2, 0) is 4.79 Å². The third-order valence-electron chi connectivity index (χ3n) is 3.77. The molecular weight excluding hydrogens is 186 g/mol. The van der Waals surface area contributed by atoms with Crippen molar-refractivity contribution in [2.24, 2.45) is 22.5 Å². The number of unbranched alkanes of at least 4 members (excludes halogenated alkanes) is 1. The summed E-state index contributed by atoms with van der Waals surface area (Å²) >= 11 is 0. The molecule has 0 saturated heterocycles. The van der Waals surface area contributed by atoms with Crippen LogP contribution in [0.5, 0.6) is 0 Å². The molecule has 0 aromatic carbocycles. The molecule has 0 spiro atoms. The third-order valence-corrected chi connectivity index (χ3v) is 3.77. The summed E-state index contributed by atoms with van der Waals surface area (Å²) in [6.45, 7) is 9.37. The average Bonchev–Trinajstić information content (AvgIpc) is 2.23. The summed E-state index contributed by atoms with van der Waals surface area (Å²) in [5.41, 5.74) is 5.55. The lowest BCUT2D eigenvalue weighted by Gasteiger charge is -2.25. The van der Waals surface area contributed by atoms with Crippen molar-refractivity contribution in [3.63, 3.8) is 0 Å². The number of hydrogen-bond acceptors (Lipinski definition) is 2. The van der Waals surface area contributed by atoms with E-state index in [0.717, 1.165) is 32.2 Å². The first-order valence-corrected chi connectivity index (χ1v) is 6.06. The van der Waals surface area contributed by atoms with Gasteiger partial charge >= 0.3 is 0 Å². The first kappa shape index (κ1) is 12.7. The van der Waals surface area contributed by atoms with Gasteiger partial charge in [-0.1, -0.05) is 34.1 Å². The summed E-state index contributed by atoms with van der Waals surface area (Å²) in [7, 11) is 0.